The van der Waals surface area contributed by atoms with Gasteiger partial charge in [0.25, 0.3) is 5.82 Å². The first-order valence-electron chi connectivity index (χ1n) is 10.0. The highest BCUT2D eigenvalue weighted by molar-refractivity contribution is 5.76. The van der Waals surface area contributed by atoms with Gasteiger partial charge in [0, 0.05) is 11.1 Å². The summed E-state index contributed by atoms with van der Waals surface area (Å²) in [6.07, 6.45) is 1.30. The lowest BCUT2D eigenvalue weighted by Crippen LogP contribution is -2.33. The van der Waals surface area contributed by atoms with Gasteiger partial charge in [-0.15, -0.1) is 0 Å². The van der Waals surface area contributed by atoms with Crippen LogP contribution in [0.2, 0.25) is 0 Å². The summed E-state index contributed by atoms with van der Waals surface area (Å²) in [7, 11) is 2.24. The van der Waals surface area contributed by atoms with E-state index in [0.29, 0.717) is 17.8 Å². The summed E-state index contributed by atoms with van der Waals surface area (Å²) in [6, 6.07) is 15.7. The molecule has 1 aliphatic rings. The van der Waals surface area contributed by atoms with E-state index in [9.17, 15) is 0 Å². The molecule has 1 aromatic heterocycles. The average molecular weight is 348 g/mol. The molecule has 26 heavy (non-hydrogen) atoms. The molecule has 1 heterocycles. The predicted molar refractivity (Wildman–Crippen MR) is 109 cm³/mol. The highest BCUT2D eigenvalue weighted by Crippen LogP contribution is 2.48. The Morgan fingerprint density at radius 1 is 0.923 bits per heavy atom. The van der Waals surface area contributed by atoms with Crippen LogP contribution in [0.25, 0.3) is 16.7 Å². The molecule has 0 spiro atoms. The summed E-state index contributed by atoms with van der Waals surface area (Å²) in [4.78, 5) is 0. The molecule has 2 nitrogen and oxygen atoms in total. The van der Waals surface area contributed by atoms with Gasteiger partial charge in [-0.3, -0.25) is 0 Å². The highest BCUT2D eigenvalue weighted by Gasteiger charge is 2.45. The van der Waals surface area contributed by atoms with E-state index < -0.39 is 0 Å². The Balaban J connectivity index is 2.13. The van der Waals surface area contributed by atoms with Gasteiger partial charge in [-0.1, -0.05) is 65.0 Å². The van der Waals surface area contributed by atoms with Crippen LogP contribution in [0, 0.1) is 5.92 Å². The van der Waals surface area contributed by atoms with Gasteiger partial charge < -0.3 is 0 Å². The number of hydrogen-bond donors (Lipinski definition) is 0. The third kappa shape index (κ3) is 2.58. The molecule has 0 bridgehead atoms. The fourth-order valence-corrected chi connectivity index (χ4v) is 4.44. The number of rotatable bonds is 4. The van der Waals surface area contributed by atoms with Crippen LogP contribution in [0.5, 0.6) is 0 Å². The SMILES string of the molecule is CC(C)c1cccc(C(C)C)c1-n1c(C2C[C@H]2C)[n+](C)c2ccccc21. The molecule has 4 rings (SSSR count). The molecule has 3 aromatic rings. The van der Waals surface area contributed by atoms with E-state index in [1.165, 1.54) is 40.1 Å². The van der Waals surface area contributed by atoms with Crippen LogP contribution in [-0.2, 0) is 7.05 Å². The topological polar surface area (TPSA) is 8.81 Å². The second kappa shape index (κ2) is 6.26. The van der Waals surface area contributed by atoms with Gasteiger partial charge in [0.1, 0.15) is 5.69 Å². The normalized spacial score (nSPS) is 19.7. The van der Waals surface area contributed by atoms with Crippen molar-refractivity contribution in [3.05, 3.63) is 59.4 Å². The Labute approximate surface area is 157 Å². The number of para-hydroxylation sites is 3. The van der Waals surface area contributed by atoms with E-state index in [1.54, 1.807) is 0 Å². The number of fused-ring (bicyclic) bond motifs is 1. The molecule has 0 aliphatic heterocycles. The zero-order chi connectivity index (χ0) is 18.6. The first-order valence-corrected chi connectivity index (χ1v) is 10.0. The van der Waals surface area contributed by atoms with Gasteiger partial charge >= 0.3 is 0 Å². The van der Waals surface area contributed by atoms with Crippen LogP contribution >= 0.6 is 0 Å². The lowest BCUT2D eigenvalue weighted by molar-refractivity contribution is -0.654. The van der Waals surface area contributed by atoms with Gasteiger partial charge in [0.2, 0.25) is 0 Å². The Hall–Kier alpha value is -2.09. The minimum Gasteiger partial charge on any atom is -0.229 e. The average Bonchev–Trinajstić information content (AvgIpc) is 3.26. The maximum absolute atomic E-state index is 2.59. The maximum Gasteiger partial charge on any atom is 0.265 e. The molecule has 1 fully saturated rings. The van der Waals surface area contributed by atoms with Crippen LogP contribution in [0.1, 0.15) is 75.7 Å². The minimum atomic E-state index is 0.500. The van der Waals surface area contributed by atoms with Gasteiger partial charge in [-0.2, -0.15) is 4.57 Å². The van der Waals surface area contributed by atoms with Crippen LogP contribution in [0.15, 0.2) is 42.5 Å². The molecule has 136 valence electrons. The van der Waals surface area contributed by atoms with E-state index >= 15 is 0 Å². The van der Waals surface area contributed by atoms with Crippen molar-refractivity contribution in [2.45, 2.75) is 58.8 Å². The standard InChI is InChI=1S/C24H31N2/c1-15(2)18-10-9-11-19(16(3)4)23(18)26-22-13-8-7-12-21(22)25(6)24(26)20-14-17(20)5/h7-13,15-17,20H,14H2,1-6H3/q+1/t17-,20?/m1/s1. The van der Waals surface area contributed by atoms with Crippen molar-refractivity contribution in [3.63, 3.8) is 0 Å². The fourth-order valence-electron chi connectivity index (χ4n) is 4.44. The van der Waals surface area contributed by atoms with Crippen molar-refractivity contribution in [2.24, 2.45) is 13.0 Å². The summed E-state index contributed by atoms with van der Waals surface area (Å²) in [5, 5.41) is 0. The molecule has 0 radical (unpaired) electrons. The second-order valence-electron chi connectivity index (χ2n) is 8.66. The quantitative estimate of drug-likeness (QED) is 0.525. The van der Waals surface area contributed by atoms with E-state index in [2.05, 4.69) is 93.3 Å². The second-order valence-corrected chi connectivity index (χ2v) is 8.66. The molecule has 1 unspecified atom stereocenters. The molecule has 1 aliphatic carbocycles. The largest absolute Gasteiger partial charge is 0.265 e. The third-order valence-electron chi connectivity index (χ3n) is 6.06. The summed E-state index contributed by atoms with van der Waals surface area (Å²) in [5.74, 6) is 3.90. The van der Waals surface area contributed by atoms with E-state index in [0.717, 1.165) is 5.92 Å². The Kier molecular flexibility index (Phi) is 4.17. The summed E-state index contributed by atoms with van der Waals surface area (Å²) in [6.45, 7) is 11.6. The van der Waals surface area contributed by atoms with E-state index in [1.807, 2.05) is 0 Å². The first kappa shape index (κ1) is 17.3. The van der Waals surface area contributed by atoms with E-state index in [4.69, 9.17) is 0 Å². The van der Waals surface area contributed by atoms with Gasteiger partial charge in [-0.25, -0.2) is 4.57 Å². The fraction of sp³-hybridized carbons (Fsp3) is 0.458. The molecular weight excluding hydrogens is 316 g/mol. The summed E-state index contributed by atoms with van der Waals surface area (Å²) >= 11 is 0. The molecule has 2 atom stereocenters. The van der Waals surface area contributed by atoms with Crippen molar-refractivity contribution < 1.29 is 4.57 Å². The number of aryl methyl sites for hydroxylation is 1. The molecular formula is C24H31N2+. The van der Waals surface area contributed by atoms with Crippen molar-refractivity contribution in [2.75, 3.05) is 0 Å². The third-order valence-corrected chi connectivity index (χ3v) is 6.06. The number of imidazole rings is 1. The Morgan fingerprint density at radius 3 is 2.04 bits per heavy atom. The highest BCUT2D eigenvalue weighted by atomic mass is 15.2. The minimum absolute atomic E-state index is 0.500. The predicted octanol–water partition coefficient (Wildman–Crippen LogP) is 5.83. The van der Waals surface area contributed by atoms with Crippen LogP contribution in [0.3, 0.4) is 0 Å². The number of benzene rings is 2. The summed E-state index contributed by atoms with van der Waals surface area (Å²) < 4.78 is 5.03. The van der Waals surface area contributed by atoms with Gasteiger partial charge in [0.15, 0.2) is 11.0 Å². The maximum atomic E-state index is 2.59. The zero-order valence-corrected chi connectivity index (χ0v) is 17.0. The van der Waals surface area contributed by atoms with Crippen LogP contribution < -0.4 is 4.57 Å². The molecule has 1 saturated carbocycles. The van der Waals surface area contributed by atoms with Gasteiger partial charge in [0.05, 0.1) is 13.0 Å². The van der Waals surface area contributed by atoms with Crippen molar-refractivity contribution in [1.82, 2.24) is 4.57 Å². The molecule has 2 aromatic carbocycles. The smallest absolute Gasteiger partial charge is 0.229 e. The lowest BCUT2D eigenvalue weighted by Gasteiger charge is -2.18. The lowest BCUT2D eigenvalue weighted by atomic mass is 9.92. The molecule has 0 amide bonds. The molecule has 0 saturated heterocycles. The zero-order valence-electron chi connectivity index (χ0n) is 17.0. The molecule has 0 N–H and O–H groups in total. The monoisotopic (exact) mass is 347 g/mol. The van der Waals surface area contributed by atoms with Crippen LogP contribution in [-0.4, -0.2) is 4.57 Å². The number of hydrogen-bond acceptors (Lipinski definition) is 0. The van der Waals surface area contributed by atoms with Gasteiger partial charge in [-0.05, 0) is 36.3 Å². The Morgan fingerprint density at radius 2 is 1.50 bits per heavy atom. The number of aromatic nitrogens is 2. The van der Waals surface area contributed by atoms with E-state index in [-0.39, 0.29) is 0 Å². The summed E-state index contributed by atoms with van der Waals surface area (Å²) in [5.41, 5.74) is 6.98. The first-order chi connectivity index (χ1) is 12.4. The van der Waals surface area contributed by atoms with Crippen molar-refractivity contribution in [1.29, 1.82) is 0 Å². The van der Waals surface area contributed by atoms with Crippen molar-refractivity contribution in [3.8, 4) is 5.69 Å². The van der Waals surface area contributed by atoms with Crippen LogP contribution in [0.4, 0.5) is 0 Å². The Bertz CT molecular complexity index is 935. The molecule has 2 heteroatoms. The number of nitrogens with zero attached hydrogens (tertiary/aromatic N) is 2. The van der Waals surface area contributed by atoms with Crippen molar-refractivity contribution >= 4 is 11.0 Å².